The van der Waals surface area contributed by atoms with Crippen LogP contribution < -0.4 is 0 Å². The Morgan fingerprint density at radius 1 is 1.41 bits per heavy atom. The summed E-state index contributed by atoms with van der Waals surface area (Å²) in [7, 11) is 0. The van der Waals surface area contributed by atoms with Gasteiger partial charge in [0.25, 0.3) is 0 Å². The van der Waals surface area contributed by atoms with E-state index >= 15 is 0 Å². The zero-order valence-electron chi connectivity index (χ0n) is 10.1. The van der Waals surface area contributed by atoms with Gasteiger partial charge in [0.15, 0.2) is 5.78 Å². The molecule has 0 heterocycles. The highest BCUT2D eigenvalue weighted by Gasteiger charge is 2.29. The highest BCUT2D eigenvalue weighted by Crippen LogP contribution is 2.30. The normalized spacial score (nSPS) is 18.9. The van der Waals surface area contributed by atoms with Crippen LogP contribution >= 0.6 is 0 Å². The van der Waals surface area contributed by atoms with E-state index in [-0.39, 0.29) is 18.1 Å². The van der Waals surface area contributed by atoms with E-state index in [9.17, 15) is 9.59 Å². The van der Waals surface area contributed by atoms with Gasteiger partial charge in [-0.3, -0.25) is 9.59 Å². The van der Waals surface area contributed by atoms with Crippen LogP contribution in [0.2, 0.25) is 0 Å². The van der Waals surface area contributed by atoms with Gasteiger partial charge >= 0.3 is 5.97 Å². The van der Waals surface area contributed by atoms with Crippen molar-refractivity contribution in [2.24, 2.45) is 5.92 Å². The molecule has 0 fully saturated rings. The first-order valence-corrected chi connectivity index (χ1v) is 5.85. The van der Waals surface area contributed by atoms with Crippen molar-refractivity contribution in [3.63, 3.8) is 0 Å². The summed E-state index contributed by atoms with van der Waals surface area (Å²) in [6.07, 6.45) is 1.42. The summed E-state index contributed by atoms with van der Waals surface area (Å²) < 4.78 is 0. The summed E-state index contributed by atoms with van der Waals surface area (Å²) in [6, 6.07) is 3.78. The number of carboxylic acid groups (broad SMARTS) is 1. The summed E-state index contributed by atoms with van der Waals surface area (Å²) in [5.41, 5.74) is 4.19. The zero-order valence-corrected chi connectivity index (χ0v) is 10.1. The van der Waals surface area contributed by atoms with Gasteiger partial charge in [-0.05, 0) is 43.4 Å². The molecule has 3 heteroatoms. The van der Waals surface area contributed by atoms with Gasteiger partial charge in [0.1, 0.15) is 0 Å². The number of aryl methyl sites for hydroxylation is 1. The number of hydrogen-bond acceptors (Lipinski definition) is 2. The van der Waals surface area contributed by atoms with Crippen molar-refractivity contribution in [2.75, 3.05) is 0 Å². The molecule has 1 unspecified atom stereocenters. The highest BCUT2D eigenvalue weighted by atomic mass is 16.4. The summed E-state index contributed by atoms with van der Waals surface area (Å²) in [5, 5.41) is 8.78. The van der Waals surface area contributed by atoms with Gasteiger partial charge < -0.3 is 5.11 Å². The molecule has 90 valence electrons. The molecule has 1 aliphatic rings. The predicted octanol–water partition coefficient (Wildman–Crippen LogP) is 2.52. The predicted molar refractivity (Wildman–Crippen MR) is 64.3 cm³/mol. The van der Waals surface area contributed by atoms with Crippen molar-refractivity contribution in [1.82, 2.24) is 0 Å². The summed E-state index contributed by atoms with van der Waals surface area (Å²) in [6.45, 7) is 4.06. The maximum atomic E-state index is 12.2. The molecule has 3 nitrogen and oxygen atoms in total. The molecule has 0 aliphatic heterocycles. The molecule has 0 saturated heterocycles. The van der Waals surface area contributed by atoms with Crippen molar-refractivity contribution in [3.05, 3.63) is 34.4 Å². The van der Waals surface area contributed by atoms with Gasteiger partial charge in [-0.1, -0.05) is 12.1 Å². The number of aliphatic carboxylic acids is 1. The number of carboxylic acids is 1. The van der Waals surface area contributed by atoms with Crippen LogP contribution in [0.3, 0.4) is 0 Å². The third kappa shape index (κ3) is 2.09. The average Bonchev–Trinajstić information content (AvgIpc) is 2.27. The summed E-state index contributed by atoms with van der Waals surface area (Å²) >= 11 is 0. The van der Waals surface area contributed by atoms with Crippen LogP contribution in [-0.4, -0.2) is 16.9 Å². The molecule has 0 aromatic heterocycles. The minimum absolute atomic E-state index is 0.00301. The van der Waals surface area contributed by atoms with Crippen LogP contribution in [0.15, 0.2) is 12.1 Å². The number of fused-ring (bicyclic) bond motifs is 1. The fourth-order valence-corrected chi connectivity index (χ4v) is 2.50. The van der Waals surface area contributed by atoms with E-state index in [4.69, 9.17) is 5.11 Å². The van der Waals surface area contributed by atoms with Crippen molar-refractivity contribution >= 4 is 11.8 Å². The number of ketones is 1. The van der Waals surface area contributed by atoms with E-state index < -0.39 is 5.97 Å². The van der Waals surface area contributed by atoms with Crippen molar-refractivity contribution < 1.29 is 14.7 Å². The van der Waals surface area contributed by atoms with Gasteiger partial charge in [-0.25, -0.2) is 0 Å². The molecule has 1 aliphatic carbocycles. The zero-order chi connectivity index (χ0) is 12.6. The molecule has 0 saturated carbocycles. The molecule has 1 N–H and O–H groups in total. The summed E-state index contributed by atoms with van der Waals surface area (Å²) in [5.74, 6) is -1.24. The standard InChI is InChI=1S/C14H16O3/c1-8-3-5-12-11(9(8)2)6-4-10(14(12)17)7-13(15)16/h3,5,10H,4,6-7H2,1-2H3,(H,15,16). The smallest absolute Gasteiger partial charge is 0.304 e. The van der Waals surface area contributed by atoms with Gasteiger partial charge in [-0.2, -0.15) is 0 Å². The minimum atomic E-state index is -0.893. The number of rotatable bonds is 2. The highest BCUT2D eigenvalue weighted by molar-refractivity contribution is 6.01. The van der Waals surface area contributed by atoms with Crippen LogP contribution in [-0.2, 0) is 11.2 Å². The largest absolute Gasteiger partial charge is 0.481 e. The van der Waals surface area contributed by atoms with Crippen molar-refractivity contribution in [2.45, 2.75) is 33.1 Å². The quantitative estimate of drug-likeness (QED) is 0.852. The monoisotopic (exact) mass is 232 g/mol. The lowest BCUT2D eigenvalue weighted by Gasteiger charge is -2.24. The third-order valence-corrected chi connectivity index (χ3v) is 3.67. The lowest BCUT2D eigenvalue weighted by Crippen LogP contribution is -2.25. The number of benzene rings is 1. The molecule has 1 atom stereocenters. The molecular weight excluding hydrogens is 216 g/mol. The maximum Gasteiger partial charge on any atom is 0.304 e. The Kier molecular flexibility index (Phi) is 3.01. The fraction of sp³-hybridized carbons (Fsp3) is 0.429. The SMILES string of the molecule is Cc1ccc2c(c1C)CCC(CC(=O)O)C2=O. The average molecular weight is 232 g/mol. The molecule has 0 amide bonds. The topological polar surface area (TPSA) is 54.4 Å². The third-order valence-electron chi connectivity index (χ3n) is 3.67. The lowest BCUT2D eigenvalue weighted by atomic mass is 9.79. The van der Waals surface area contributed by atoms with Crippen LogP contribution in [0, 0.1) is 19.8 Å². The number of hydrogen-bond donors (Lipinski definition) is 1. The van der Waals surface area contributed by atoms with Crippen LogP contribution in [0.4, 0.5) is 0 Å². The maximum absolute atomic E-state index is 12.2. The van der Waals surface area contributed by atoms with E-state index in [0.29, 0.717) is 6.42 Å². The van der Waals surface area contributed by atoms with Crippen LogP contribution in [0.25, 0.3) is 0 Å². The number of Topliss-reactive ketones (excluding diaryl/α,β-unsaturated/α-hetero) is 1. The molecule has 1 aromatic carbocycles. The van der Waals surface area contributed by atoms with E-state index in [1.54, 1.807) is 0 Å². The van der Waals surface area contributed by atoms with Gasteiger partial charge in [-0.15, -0.1) is 0 Å². The lowest BCUT2D eigenvalue weighted by molar-refractivity contribution is -0.137. The first kappa shape index (κ1) is 11.8. The number of carbonyl (C=O) groups is 2. The molecule has 2 rings (SSSR count). The summed E-state index contributed by atoms with van der Waals surface area (Å²) in [4.78, 5) is 22.8. The Hall–Kier alpha value is -1.64. The van der Waals surface area contributed by atoms with E-state index in [1.165, 1.54) is 11.1 Å². The second-order valence-corrected chi connectivity index (χ2v) is 4.73. The first-order chi connectivity index (χ1) is 8.00. The molecule has 0 radical (unpaired) electrons. The van der Waals surface area contributed by atoms with E-state index in [0.717, 1.165) is 17.5 Å². The Morgan fingerprint density at radius 2 is 2.12 bits per heavy atom. The molecule has 0 bridgehead atoms. The number of carbonyl (C=O) groups excluding carboxylic acids is 1. The second kappa shape index (κ2) is 4.32. The second-order valence-electron chi connectivity index (χ2n) is 4.73. The van der Waals surface area contributed by atoms with Crippen LogP contribution in [0.1, 0.15) is 39.9 Å². The van der Waals surface area contributed by atoms with Gasteiger partial charge in [0, 0.05) is 11.5 Å². The van der Waals surface area contributed by atoms with E-state index in [1.807, 2.05) is 26.0 Å². The van der Waals surface area contributed by atoms with Gasteiger partial charge in [0.05, 0.1) is 6.42 Å². The van der Waals surface area contributed by atoms with Crippen molar-refractivity contribution in [3.8, 4) is 0 Å². The van der Waals surface area contributed by atoms with Crippen LogP contribution in [0.5, 0.6) is 0 Å². The Bertz CT molecular complexity index is 488. The molecular formula is C14H16O3. The Balaban J connectivity index is 2.37. The van der Waals surface area contributed by atoms with E-state index in [2.05, 4.69) is 0 Å². The minimum Gasteiger partial charge on any atom is -0.481 e. The molecule has 1 aromatic rings. The van der Waals surface area contributed by atoms with Crippen molar-refractivity contribution in [1.29, 1.82) is 0 Å². The first-order valence-electron chi connectivity index (χ1n) is 5.85. The molecule has 0 spiro atoms. The van der Waals surface area contributed by atoms with Gasteiger partial charge in [0.2, 0.25) is 0 Å². The Morgan fingerprint density at radius 3 is 2.76 bits per heavy atom. The Labute approximate surface area is 100 Å². The molecule has 17 heavy (non-hydrogen) atoms. The fourth-order valence-electron chi connectivity index (χ4n) is 2.50.